The summed E-state index contributed by atoms with van der Waals surface area (Å²) in [7, 11) is 6.16. The molecule has 1 rings (SSSR count). The summed E-state index contributed by atoms with van der Waals surface area (Å²) >= 11 is 0. The number of carboxylic acid groups (broad SMARTS) is 1. The van der Waals surface area contributed by atoms with Gasteiger partial charge in [0, 0.05) is 0 Å². The first kappa shape index (κ1) is 16.1. The van der Waals surface area contributed by atoms with Gasteiger partial charge in [0.2, 0.25) is 13.3 Å². The SMILES string of the molecule is [B]CN([B]C)C(=O)c1c(F)c(F)c(F)c(F)c1C(=O)[O-]. The molecule has 0 aliphatic heterocycles. The molecule has 20 heavy (non-hydrogen) atoms. The molecule has 0 bridgehead atoms. The van der Waals surface area contributed by atoms with Crippen LogP contribution in [0, 0.1) is 23.3 Å². The maximum absolute atomic E-state index is 13.6. The van der Waals surface area contributed by atoms with E-state index in [2.05, 4.69) is 0 Å². The highest BCUT2D eigenvalue weighted by molar-refractivity contribution is 6.38. The Morgan fingerprint density at radius 3 is 1.90 bits per heavy atom. The Kier molecular flexibility index (Phi) is 4.80. The van der Waals surface area contributed by atoms with Gasteiger partial charge in [0.15, 0.2) is 23.3 Å². The second-order valence-electron chi connectivity index (χ2n) is 3.51. The van der Waals surface area contributed by atoms with Gasteiger partial charge in [-0.05, 0) is 6.44 Å². The summed E-state index contributed by atoms with van der Waals surface area (Å²) in [5.41, 5.74) is -3.20. The van der Waals surface area contributed by atoms with Crippen molar-refractivity contribution in [1.29, 1.82) is 0 Å². The molecule has 0 heterocycles. The van der Waals surface area contributed by atoms with E-state index in [0.717, 1.165) is 7.41 Å². The second-order valence-corrected chi connectivity index (χ2v) is 3.51. The Morgan fingerprint density at radius 1 is 1.10 bits per heavy atom. The average Bonchev–Trinajstić information content (AvgIpc) is 2.40. The van der Waals surface area contributed by atoms with E-state index in [1.165, 1.54) is 6.82 Å². The van der Waals surface area contributed by atoms with Crippen LogP contribution in [0.4, 0.5) is 17.6 Å². The molecule has 3 radical (unpaired) electrons. The van der Waals surface area contributed by atoms with Crippen molar-refractivity contribution in [3.63, 3.8) is 0 Å². The van der Waals surface area contributed by atoms with E-state index in [-0.39, 0.29) is 0 Å². The molecule has 0 saturated heterocycles. The van der Waals surface area contributed by atoms with Crippen molar-refractivity contribution < 1.29 is 32.3 Å². The molecule has 0 fully saturated rings. The maximum Gasteiger partial charge on any atom is 0.246 e. The summed E-state index contributed by atoms with van der Waals surface area (Å²) in [6.45, 7) is 1.29. The lowest BCUT2D eigenvalue weighted by atomic mass is 9.89. The molecule has 103 valence electrons. The van der Waals surface area contributed by atoms with Gasteiger partial charge in [0.1, 0.15) is 0 Å². The second kappa shape index (κ2) is 5.98. The monoisotopic (exact) mass is 285 g/mol. The van der Waals surface area contributed by atoms with Crippen molar-refractivity contribution in [2.45, 2.75) is 6.82 Å². The number of carboxylic acids is 1. The van der Waals surface area contributed by atoms with Crippen LogP contribution in [0.2, 0.25) is 6.82 Å². The molecule has 4 nitrogen and oxygen atoms in total. The van der Waals surface area contributed by atoms with Gasteiger partial charge in [-0.3, -0.25) is 4.79 Å². The standard InChI is InChI=1S/C10H6B2F4NO3/c1-12-17(2-11)9(18)3-4(10(19)20)6(14)8(16)7(15)5(3)13/h2H2,1H3,(H,19,20)/p-1. The van der Waals surface area contributed by atoms with E-state index in [1.54, 1.807) is 0 Å². The smallest absolute Gasteiger partial charge is 0.246 e. The van der Waals surface area contributed by atoms with Crippen LogP contribution < -0.4 is 5.11 Å². The first-order valence-corrected chi connectivity index (χ1v) is 5.15. The van der Waals surface area contributed by atoms with Crippen LogP contribution in [0.15, 0.2) is 0 Å². The highest BCUT2D eigenvalue weighted by Gasteiger charge is 2.31. The molecule has 0 saturated carbocycles. The van der Waals surface area contributed by atoms with E-state index in [1.807, 2.05) is 0 Å². The molecule has 1 amide bonds. The maximum atomic E-state index is 13.6. The van der Waals surface area contributed by atoms with E-state index in [9.17, 15) is 32.3 Å². The fraction of sp³-hybridized carbons (Fsp3) is 0.200. The van der Waals surface area contributed by atoms with Gasteiger partial charge in [0.05, 0.1) is 24.9 Å². The molecule has 0 aliphatic carbocycles. The topological polar surface area (TPSA) is 60.4 Å². The number of nitrogens with zero attached hydrogens (tertiary/aromatic N) is 1. The quantitative estimate of drug-likeness (QED) is 0.334. The van der Waals surface area contributed by atoms with Crippen LogP contribution in [-0.2, 0) is 0 Å². The molecular formula is C10H5B2F4NO3-. The van der Waals surface area contributed by atoms with Crippen molar-refractivity contribution in [2.24, 2.45) is 0 Å². The molecule has 0 unspecified atom stereocenters. The van der Waals surface area contributed by atoms with E-state index in [0.29, 0.717) is 4.81 Å². The summed E-state index contributed by atoms with van der Waals surface area (Å²) in [6.07, 6.45) is -0.512. The number of aromatic carboxylic acids is 1. The summed E-state index contributed by atoms with van der Waals surface area (Å²) in [5, 5.41) is 10.7. The van der Waals surface area contributed by atoms with Crippen LogP contribution >= 0.6 is 0 Å². The van der Waals surface area contributed by atoms with Crippen LogP contribution in [0.3, 0.4) is 0 Å². The number of carbonyl (C=O) groups is 2. The van der Waals surface area contributed by atoms with Crippen LogP contribution in [0.25, 0.3) is 0 Å². The third-order valence-electron chi connectivity index (χ3n) is 2.45. The molecule has 1 aromatic carbocycles. The zero-order chi connectivity index (χ0) is 15.6. The van der Waals surface area contributed by atoms with Crippen molar-refractivity contribution >= 4 is 27.1 Å². The number of halogens is 4. The number of hydrogen-bond acceptors (Lipinski definition) is 3. The fourth-order valence-corrected chi connectivity index (χ4v) is 1.47. The molecule has 0 spiro atoms. The third kappa shape index (κ3) is 2.50. The lowest BCUT2D eigenvalue weighted by Gasteiger charge is -2.22. The van der Waals surface area contributed by atoms with Crippen LogP contribution in [-0.4, -0.2) is 38.4 Å². The van der Waals surface area contributed by atoms with Gasteiger partial charge in [-0.1, -0.05) is 6.82 Å². The van der Waals surface area contributed by atoms with Gasteiger partial charge < -0.3 is 14.7 Å². The van der Waals surface area contributed by atoms with Crippen molar-refractivity contribution in [2.75, 3.05) is 6.44 Å². The van der Waals surface area contributed by atoms with Crippen molar-refractivity contribution in [3.8, 4) is 0 Å². The Balaban J connectivity index is 3.68. The molecular weight excluding hydrogens is 280 g/mol. The number of carbonyl (C=O) groups excluding carboxylic acids is 2. The number of amides is 1. The van der Waals surface area contributed by atoms with E-state index in [4.69, 9.17) is 7.85 Å². The van der Waals surface area contributed by atoms with Crippen molar-refractivity contribution in [1.82, 2.24) is 4.81 Å². The lowest BCUT2D eigenvalue weighted by molar-refractivity contribution is -0.255. The first-order chi connectivity index (χ1) is 9.27. The summed E-state index contributed by atoms with van der Waals surface area (Å²) < 4.78 is 53.0. The van der Waals surface area contributed by atoms with Crippen LogP contribution in [0.1, 0.15) is 20.7 Å². The summed E-state index contributed by atoms with van der Waals surface area (Å²) in [4.78, 5) is 23.1. The molecule has 1 aromatic rings. The third-order valence-corrected chi connectivity index (χ3v) is 2.45. The molecule has 0 aromatic heterocycles. The fourth-order valence-electron chi connectivity index (χ4n) is 1.47. The van der Waals surface area contributed by atoms with Crippen molar-refractivity contribution in [3.05, 3.63) is 34.4 Å². The minimum absolute atomic E-state index is 0.512. The van der Waals surface area contributed by atoms with Gasteiger partial charge >= 0.3 is 0 Å². The summed E-state index contributed by atoms with van der Waals surface area (Å²) in [5.74, 6) is -12.8. The Morgan fingerprint density at radius 2 is 1.55 bits per heavy atom. The zero-order valence-corrected chi connectivity index (χ0v) is 10.0. The Bertz CT molecular complexity index is 578. The average molecular weight is 285 g/mol. The van der Waals surface area contributed by atoms with Gasteiger partial charge in [0.25, 0.3) is 0 Å². The number of hydrogen-bond donors (Lipinski definition) is 0. The number of benzene rings is 1. The lowest BCUT2D eigenvalue weighted by Crippen LogP contribution is -2.38. The molecule has 0 N–H and O–H groups in total. The van der Waals surface area contributed by atoms with Gasteiger partial charge in [-0.2, -0.15) is 0 Å². The highest BCUT2D eigenvalue weighted by atomic mass is 19.2. The highest BCUT2D eigenvalue weighted by Crippen LogP contribution is 2.25. The molecule has 0 atom stereocenters. The minimum atomic E-state index is -2.36. The predicted molar refractivity (Wildman–Crippen MR) is 59.0 cm³/mol. The Hall–Kier alpha value is -1.99. The zero-order valence-electron chi connectivity index (χ0n) is 10.0. The first-order valence-electron chi connectivity index (χ1n) is 5.15. The predicted octanol–water partition coefficient (Wildman–Crippen LogP) is -0.158. The summed E-state index contributed by atoms with van der Waals surface area (Å²) in [6, 6.07) is 0. The normalized spacial score (nSPS) is 10.2. The van der Waals surface area contributed by atoms with E-state index >= 15 is 0 Å². The Labute approximate surface area is 113 Å². The van der Waals surface area contributed by atoms with Crippen LogP contribution in [0.5, 0.6) is 0 Å². The van der Waals surface area contributed by atoms with Gasteiger partial charge in [-0.15, -0.1) is 0 Å². The molecule has 0 aliphatic rings. The minimum Gasteiger partial charge on any atom is -0.545 e. The number of rotatable bonds is 4. The largest absolute Gasteiger partial charge is 0.545 e. The van der Waals surface area contributed by atoms with Gasteiger partial charge in [-0.25, -0.2) is 17.6 Å². The molecule has 10 heteroatoms. The van der Waals surface area contributed by atoms with E-state index < -0.39 is 52.7 Å².